The average Bonchev–Trinajstić information content (AvgIpc) is 2.49. The molecule has 0 atom stereocenters. The van der Waals surface area contributed by atoms with Gasteiger partial charge in [0.25, 0.3) is 0 Å². The number of carboxylic acids is 1. The Morgan fingerprint density at radius 1 is 1.05 bits per heavy atom. The zero-order valence-electron chi connectivity index (χ0n) is 10.7. The van der Waals surface area contributed by atoms with Crippen LogP contribution < -0.4 is 4.74 Å². The van der Waals surface area contributed by atoms with Crippen LogP contribution in [0.2, 0.25) is 5.02 Å². The standard InChI is InChI=1S/C15H9ClN2O3/c16-9-5-7-10(8-6-9)21-14-11-3-1-2-4-12(11)17-13(18-14)15(19)20/h1-8H,(H,19,20). The Morgan fingerprint density at radius 2 is 1.76 bits per heavy atom. The molecule has 1 aromatic heterocycles. The molecule has 6 heteroatoms. The van der Waals surface area contributed by atoms with Gasteiger partial charge in [0.15, 0.2) is 0 Å². The van der Waals surface area contributed by atoms with E-state index >= 15 is 0 Å². The van der Waals surface area contributed by atoms with Gasteiger partial charge in [0, 0.05) is 5.02 Å². The lowest BCUT2D eigenvalue weighted by molar-refractivity contribution is 0.0683. The lowest BCUT2D eigenvalue weighted by atomic mass is 10.2. The Morgan fingerprint density at radius 3 is 2.48 bits per heavy atom. The van der Waals surface area contributed by atoms with Gasteiger partial charge < -0.3 is 9.84 Å². The molecule has 1 heterocycles. The summed E-state index contributed by atoms with van der Waals surface area (Å²) in [6.07, 6.45) is 0. The van der Waals surface area contributed by atoms with E-state index in [9.17, 15) is 4.79 Å². The molecular weight excluding hydrogens is 292 g/mol. The second-order valence-electron chi connectivity index (χ2n) is 4.23. The Kier molecular flexibility index (Phi) is 3.41. The summed E-state index contributed by atoms with van der Waals surface area (Å²) in [6, 6.07) is 13.8. The number of ether oxygens (including phenoxy) is 1. The molecule has 0 saturated heterocycles. The number of aromatic nitrogens is 2. The molecule has 0 amide bonds. The Balaban J connectivity index is 2.11. The zero-order chi connectivity index (χ0) is 14.8. The van der Waals surface area contributed by atoms with Crippen LogP contribution in [-0.2, 0) is 0 Å². The Bertz CT molecular complexity index is 819. The van der Waals surface area contributed by atoms with Crippen LogP contribution in [0.3, 0.4) is 0 Å². The van der Waals surface area contributed by atoms with Crippen molar-refractivity contribution in [3.05, 3.63) is 59.4 Å². The number of hydrogen-bond acceptors (Lipinski definition) is 4. The third kappa shape index (κ3) is 2.78. The second-order valence-corrected chi connectivity index (χ2v) is 4.67. The molecule has 0 fully saturated rings. The van der Waals surface area contributed by atoms with Gasteiger partial charge in [-0.05, 0) is 36.4 Å². The minimum absolute atomic E-state index is 0.195. The molecule has 0 unspecified atom stereocenters. The number of carboxylic acid groups (broad SMARTS) is 1. The summed E-state index contributed by atoms with van der Waals surface area (Å²) in [5, 5.41) is 10.3. The van der Waals surface area contributed by atoms with E-state index in [1.807, 2.05) is 0 Å². The van der Waals surface area contributed by atoms with Gasteiger partial charge in [-0.25, -0.2) is 9.78 Å². The minimum Gasteiger partial charge on any atom is -0.475 e. The summed E-state index contributed by atoms with van der Waals surface area (Å²) in [5.74, 6) is -0.806. The van der Waals surface area contributed by atoms with E-state index in [1.54, 1.807) is 48.5 Å². The third-order valence-corrected chi connectivity index (χ3v) is 3.04. The first-order valence-electron chi connectivity index (χ1n) is 6.07. The maximum absolute atomic E-state index is 11.1. The number of para-hydroxylation sites is 1. The first-order valence-corrected chi connectivity index (χ1v) is 6.45. The van der Waals surface area contributed by atoms with E-state index in [4.69, 9.17) is 21.4 Å². The van der Waals surface area contributed by atoms with Crippen LogP contribution in [0.1, 0.15) is 10.6 Å². The van der Waals surface area contributed by atoms with Gasteiger partial charge in [-0.2, -0.15) is 4.98 Å². The summed E-state index contributed by atoms with van der Waals surface area (Å²) < 4.78 is 5.66. The van der Waals surface area contributed by atoms with Gasteiger partial charge in [-0.3, -0.25) is 0 Å². The van der Waals surface area contributed by atoms with Crippen molar-refractivity contribution in [2.24, 2.45) is 0 Å². The lowest BCUT2D eigenvalue weighted by Crippen LogP contribution is -2.05. The predicted octanol–water partition coefficient (Wildman–Crippen LogP) is 3.77. The van der Waals surface area contributed by atoms with Gasteiger partial charge in [0.2, 0.25) is 11.7 Å². The molecule has 2 aromatic carbocycles. The van der Waals surface area contributed by atoms with Gasteiger partial charge in [0.1, 0.15) is 5.75 Å². The Hall–Kier alpha value is -2.66. The molecule has 3 aromatic rings. The fourth-order valence-electron chi connectivity index (χ4n) is 1.84. The molecular formula is C15H9ClN2O3. The SMILES string of the molecule is O=C(O)c1nc(Oc2ccc(Cl)cc2)c2ccccc2n1. The van der Waals surface area contributed by atoms with Crippen molar-refractivity contribution >= 4 is 28.5 Å². The number of benzene rings is 2. The highest BCUT2D eigenvalue weighted by Gasteiger charge is 2.14. The fraction of sp³-hybridized carbons (Fsp3) is 0. The maximum Gasteiger partial charge on any atom is 0.374 e. The van der Waals surface area contributed by atoms with Crippen molar-refractivity contribution in [2.45, 2.75) is 0 Å². The largest absolute Gasteiger partial charge is 0.475 e. The molecule has 0 spiro atoms. The number of carbonyl (C=O) groups is 1. The van der Waals surface area contributed by atoms with E-state index in [-0.39, 0.29) is 11.7 Å². The first kappa shape index (κ1) is 13.3. The first-order chi connectivity index (χ1) is 10.1. The van der Waals surface area contributed by atoms with E-state index in [0.29, 0.717) is 21.7 Å². The van der Waals surface area contributed by atoms with Crippen molar-refractivity contribution in [1.82, 2.24) is 9.97 Å². The minimum atomic E-state index is -1.21. The normalized spacial score (nSPS) is 10.5. The van der Waals surface area contributed by atoms with E-state index in [0.717, 1.165) is 0 Å². The van der Waals surface area contributed by atoms with Crippen molar-refractivity contribution in [3.8, 4) is 11.6 Å². The van der Waals surface area contributed by atoms with Crippen LogP contribution in [0.25, 0.3) is 10.9 Å². The molecule has 0 aliphatic rings. The summed E-state index contributed by atoms with van der Waals surface area (Å²) in [5.41, 5.74) is 0.508. The van der Waals surface area contributed by atoms with Crippen molar-refractivity contribution in [2.75, 3.05) is 0 Å². The topological polar surface area (TPSA) is 72.3 Å². The Labute approximate surface area is 124 Å². The van der Waals surface area contributed by atoms with E-state index in [1.165, 1.54) is 0 Å². The molecule has 21 heavy (non-hydrogen) atoms. The van der Waals surface area contributed by atoms with Gasteiger partial charge in [-0.15, -0.1) is 0 Å². The third-order valence-electron chi connectivity index (χ3n) is 2.79. The molecule has 1 N–H and O–H groups in total. The summed E-state index contributed by atoms with van der Waals surface area (Å²) in [6.45, 7) is 0. The number of fused-ring (bicyclic) bond motifs is 1. The lowest BCUT2D eigenvalue weighted by Gasteiger charge is -2.08. The van der Waals surface area contributed by atoms with Gasteiger partial charge >= 0.3 is 5.97 Å². The number of nitrogens with zero attached hydrogens (tertiary/aromatic N) is 2. The predicted molar refractivity (Wildman–Crippen MR) is 78.0 cm³/mol. The van der Waals surface area contributed by atoms with Crippen LogP contribution >= 0.6 is 11.6 Å². The van der Waals surface area contributed by atoms with E-state index < -0.39 is 5.97 Å². The highest BCUT2D eigenvalue weighted by Crippen LogP contribution is 2.28. The van der Waals surface area contributed by atoms with Crippen molar-refractivity contribution in [3.63, 3.8) is 0 Å². The molecule has 0 bridgehead atoms. The number of aromatic carboxylic acids is 1. The number of rotatable bonds is 3. The van der Waals surface area contributed by atoms with Crippen LogP contribution in [0.4, 0.5) is 0 Å². The summed E-state index contributed by atoms with van der Waals surface area (Å²) in [4.78, 5) is 19.0. The number of hydrogen-bond donors (Lipinski definition) is 1. The molecule has 0 saturated carbocycles. The molecule has 0 aliphatic carbocycles. The second kappa shape index (κ2) is 5.38. The molecule has 0 aliphatic heterocycles. The molecule has 5 nitrogen and oxygen atoms in total. The van der Waals surface area contributed by atoms with Crippen molar-refractivity contribution < 1.29 is 14.6 Å². The highest BCUT2D eigenvalue weighted by atomic mass is 35.5. The highest BCUT2D eigenvalue weighted by molar-refractivity contribution is 6.30. The van der Waals surface area contributed by atoms with E-state index in [2.05, 4.69) is 9.97 Å². The van der Waals surface area contributed by atoms with Crippen LogP contribution in [0.5, 0.6) is 11.6 Å². The van der Waals surface area contributed by atoms with Gasteiger partial charge in [0.05, 0.1) is 10.9 Å². The summed E-state index contributed by atoms with van der Waals surface area (Å²) >= 11 is 5.82. The summed E-state index contributed by atoms with van der Waals surface area (Å²) in [7, 11) is 0. The van der Waals surface area contributed by atoms with Crippen LogP contribution in [0.15, 0.2) is 48.5 Å². The quantitative estimate of drug-likeness (QED) is 0.797. The molecule has 104 valence electrons. The fourth-order valence-corrected chi connectivity index (χ4v) is 1.96. The molecule has 3 rings (SSSR count). The maximum atomic E-state index is 11.1. The van der Waals surface area contributed by atoms with Crippen molar-refractivity contribution in [1.29, 1.82) is 0 Å². The van der Waals surface area contributed by atoms with Gasteiger partial charge in [-0.1, -0.05) is 23.7 Å². The molecule has 0 radical (unpaired) electrons. The average molecular weight is 301 g/mol. The number of halogens is 1. The zero-order valence-corrected chi connectivity index (χ0v) is 11.4. The monoisotopic (exact) mass is 300 g/mol. The smallest absolute Gasteiger partial charge is 0.374 e. The van der Waals surface area contributed by atoms with Crippen LogP contribution in [-0.4, -0.2) is 21.0 Å². The van der Waals surface area contributed by atoms with Crippen LogP contribution in [0, 0.1) is 0 Å².